The van der Waals surface area contributed by atoms with Crippen molar-refractivity contribution in [3.63, 3.8) is 0 Å². The van der Waals surface area contributed by atoms with Crippen molar-refractivity contribution in [1.29, 1.82) is 0 Å². The molecular formula is C20H20F3N5O5S2. The summed E-state index contributed by atoms with van der Waals surface area (Å²) in [6.07, 6.45) is 2.74. The van der Waals surface area contributed by atoms with Crippen LogP contribution in [-0.2, 0) is 26.3 Å². The number of thioether (sulfide) groups is 1. The van der Waals surface area contributed by atoms with Crippen LogP contribution in [0.25, 0.3) is 0 Å². The molecular weight excluding hydrogens is 511 g/mol. The summed E-state index contributed by atoms with van der Waals surface area (Å²) >= 11 is -0.299. The average molecular weight is 532 g/mol. The summed E-state index contributed by atoms with van der Waals surface area (Å²) in [7, 11) is -3.89. The van der Waals surface area contributed by atoms with Gasteiger partial charge in [-0.2, -0.15) is 25.9 Å². The highest BCUT2D eigenvalue weighted by atomic mass is 32.2. The van der Waals surface area contributed by atoms with Crippen LogP contribution in [0.3, 0.4) is 0 Å². The van der Waals surface area contributed by atoms with Crippen LogP contribution in [0.2, 0.25) is 0 Å². The molecule has 1 aromatic carbocycles. The number of amides is 3. The van der Waals surface area contributed by atoms with Gasteiger partial charge in [-0.1, -0.05) is 0 Å². The van der Waals surface area contributed by atoms with Gasteiger partial charge < -0.3 is 9.64 Å². The van der Waals surface area contributed by atoms with E-state index >= 15 is 0 Å². The normalized spacial score (nSPS) is 17.8. The van der Waals surface area contributed by atoms with E-state index in [0.717, 1.165) is 4.90 Å². The number of hydrogen-bond acceptors (Lipinski definition) is 7. The summed E-state index contributed by atoms with van der Waals surface area (Å²) in [6, 6.07) is 5.74. The quantitative estimate of drug-likeness (QED) is 0.432. The maximum absolute atomic E-state index is 12.9. The first-order chi connectivity index (χ1) is 16.5. The van der Waals surface area contributed by atoms with Crippen LogP contribution in [0.1, 0.15) is 5.56 Å². The number of anilines is 2. The molecule has 2 fully saturated rings. The van der Waals surface area contributed by atoms with Gasteiger partial charge in [-0.15, -0.1) is 0 Å². The van der Waals surface area contributed by atoms with Gasteiger partial charge in [-0.05, 0) is 47.7 Å². The molecule has 1 N–H and O–H groups in total. The number of halogens is 3. The fourth-order valence-electron chi connectivity index (χ4n) is 3.57. The number of alkyl halides is 3. The van der Waals surface area contributed by atoms with E-state index in [2.05, 4.69) is 9.71 Å². The molecule has 2 aliphatic heterocycles. The number of hydrogen-bond donors (Lipinski definition) is 1. The second kappa shape index (κ2) is 10.0. The van der Waals surface area contributed by atoms with Crippen molar-refractivity contribution < 1.29 is 35.9 Å². The van der Waals surface area contributed by atoms with E-state index in [1.165, 1.54) is 51.9 Å². The van der Waals surface area contributed by atoms with Gasteiger partial charge in [-0.3, -0.25) is 14.5 Å². The molecule has 0 unspecified atom stereocenters. The van der Waals surface area contributed by atoms with Crippen molar-refractivity contribution in [3.8, 4) is 0 Å². The average Bonchev–Trinajstić information content (AvgIpc) is 3.08. The minimum Gasteiger partial charge on any atom is -0.379 e. The highest BCUT2D eigenvalue weighted by Gasteiger charge is 2.38. The molecule has 2 saturated heterocycles. The number of pyridine rings is 1. The SMILES string of the molecule is O=C1CN(Cc2ccncc2NS(=O)(=O)N2CCOCC2)C(=O)N1c1ccc(SC(F)(F)F)cc1. The Kier molecular flexibility index (Phi) is 7.21. The van der Waals surface area contributed by atoms with Crippen molar-refractivity contribution in [2.45, 2.75) is 16.9 Å². The first kappa shape index (κ1) is 25.2. The number of ether oxygens (including phenoxy) is 1. The number of morpholine rings is 1. The molecule has 0 saturated carbocycles. The number of nitrogens with zero attached hydrogens (tertiary/aromatic N) is 4. The van der Waals surface area contributed by atoms with Gasteiger partial charge in [0.15, 0.2) is 0 Å². The molecule has 1 aromatic heterocycles. The Labute approximate surface area is 203 Å². The highest BCUT2D eigenvalue weighted by molar-refractivity contribution is 8.00. The van der Waals surface area contributed by atoms with Crippen molar-refractivity contribution in [3.05, 3.63) is 48.3 Å². The zero-order valence-electron chi connectivity index (χ0n) is 18.1. The summed E-state index contributed by atoms with van der Waals surface area (Å²) in [5, 5.41) is 0. The van der Waals surface area contributed by atoms with Crippen molar-refractivity contribution >= 4 is 45.3 Å². The van der Waals surface area contributed by atoms with Gasteiger partial charge in [0.05, 0.1) is 37.3 Å². The molecule has 35 heavy (non-hydrogen) atoms. The number of rotatable bonds is 7. The summed E-state index contributed by atoms with van der Waals surface area (Å²) in [4.78, 5) is 31.5. The van der Waals surface area contributed by atoms with Gasteiger partial charge in [0.2, 0.25) is 0 Å². The number of nitrogens with one attached hydrogen (secondary N) is 1. The Morgan fingerprint density at radius 1 is 1.09 bits per heavy atom. The third-order valence-corrected chi connectivity index (χ3v) is 7.45. The molecule has 0 spiro atoms. The predicted molar refractivity (Wildman–Crippen MR) is 121 cm³/mol. The predicted octanol–water partition coefficient (Wildman–Crippen LogP) is 2.65. The van der Waals surface area contributed by atoms with Crippen LogP contribution in [0, 0.1) is 0 Å². The minimum absolute atomic E-state index is 0.0776. The Balaban J connectivity index is 1.48. The fourth-order valence-corrected chi connectivity index (χ4v) is 5.33. The fraction of sp³-hybridized carbons (Fsp3) is 0.350. The number of carbonyl (C=O) groups is 2. The number of aromatic nitrogens is 1. The number of imide groups is 1. The second-order valence-electron chi connectivity index (χ2n) is 7.56. The standard InChI is InChI=1S/C20H20F3N5O5S2/c21-20(22,23)34-16-3-1-15(2-4-16)28-18(29)13-26(19(28)30)12-14-5-6-24-11-17(14)25-35(31,32)27-7-9-33-10-8-27/h1-6,11,25H,7-10,12-13H2. The molecule has 4 rings (SSSR count). The molecule has 0 radical (unpaired) electrons. The minimum atomic E-state index is -4.46. The Hall–Kier alpha value is -2.88. The van der Waals surface area contributed by atoms with Crippen LogP contribution in [0.4, 0.5) is 29.3 Å². The number of urea groups is 1. The summed E-state index contributed by atoms with van der Waals surface area (Å²) in [5.41, 5.74) is -3.75. The topological polar surface area (TPSA) is 112 Å². The highest BCUT2D eigenvalue weighted by Crippen LogP contribution is 2.37. The van der Waals surface area contributed by atoms with Crippen molar-refractivity contribution in [1.82, 2.24) is 14.2 Å². The van der Waals surface area contributed by atoms with E-state index in [1.54, 1.807) is 0 Å². The van der Waals surface area contributed by atoms with Gasteiger partial charge in [0.25, 0.3) is 5.91 Å². The van der Waals surface area contributed by atoms with E-state index in [-0.39, 0.29) is 67.4 Å². The maximum atomic E-state index is 12.9. The summed E-state index contributed by atoms with van der Waals surface area (Å²) < 4.78 is 72.0. The first-order valence-electron chi connectivity index (χ1n) is 10.3. The lowest BCUT2D eigenvalue weighted by Crippen LogP contribution is -2.43. The first-order valence-corrected chi connectivity index (χ1v) is 12.6. The van der Waals surface area contributed by atoms with Crippen LogP contribution in [0.5, 0.6) is 0 Å². The van der Waals surface area contributed by atoms with Gasteiger partial charge in [-0.25, -0.2) is 9.69 Å². The molecule has 0 aliphatic carbocycles. The summed E-state index contributed by atoms with van der Waals surface area (Å²) in [6.45, 7) is 0.564. The third kappa shape index (κ3) is 6.04. The molecule has 3 heterocycles. The van der Waals surface area contributed by atoms with Crippen molar-refractivity contribution in [2.75, 3.05) is 42.5 Å². The Morgan fingerprint density at radius 2 is 1.77 bits per heavy atom. The number of carbonyl (C=O) groups excluding carboxylic acids is 2. The Bertz CT molecular complexity index is 1200. The van der Waals surface area contributed by atoms with Crippen LogP contribution in [0.15, 0.2) is 47.6 Å². The zero-order valence-corrected chi connectivity index (χ0v) is 19.7. The largest absolute Gasteiger partial charge is 0.446 e. The van der Waals surface area contributed by atoms with E-state index in [9.17, 15) is 31.2 Å². The van der Waals surface area contributed by atoms with E-state index in [1.807, 2.05) is 0 Å². The lowest BCUT2D eigenvalue weighted by atomic mass is 10.2. The molecule has 10 nitrogen and oxygen atoms in total. The molecule has 15 heteroatoms. The maximum Gasteiger partial charge on any atom is 0.446 e. The number of benzene rings is 1. The Morgan fingerprint density at radius 3 is 2.43 bits per heavy atom. The second-order valence-corrected chi connectivity index (χ2v) is 10.4. The van der Waals surface area contributed by atoms with E-state index in [0.29, 0.717) is 5.56 Å². The molecule has 3 amide bonds. The van der Waals surface area contributed by atoms with Crippen molar-refractivity contribution in [2.24, 2.45) is 0 Å². The molecule has 2 aliphatic rings. The van der Waals surface area contributed by atoms with Crippen LogP contribution in [-0.4, -0.2) is 72.9 Å². The van der Waals surface area contributed by atoms with Crippen LogP contribution < -0.4 is 9.62 Å². The molecule has 188 valence electrons. The smallest absolute Gasteiger partial charge is 0.379 e. The molecule has 2 aromatic rings. The third-order valence-electron chi connectivity index (χ3n) is 5.19. The van der Waals surface area contributed by atoms with Gasteiger partial charge >= 0.3 is 21.7 Å². The lowest BCUT2D eigenvalue weighted by Gasteiger charge is -2.27. The van der Waals surface area contributed by atoms with Crippen LogP contribution >= 0.6 is 11.8 Å². The molecule has 0 atom stereocenters. The summed E-state index contributed by atoms with van der Waals surface area (Å²) in [5.74, 6) is -0.560. The van der Waals surface area contributed by atoms with E-state index in [4.69, 9.17) is 4.74 Å². The van der Waals surface area contributed by atoms with Gasteiger partial charge in [0, 0.05) is 24.2 Å². The molecule has 0 bridgehead atoms. The zero-order chi connectivity index (χ0) is 25.2. The lowest BCUT2D eigenvalue weighted by molar-refractivity contribution is -0.116. The van der Waals surface area contributed by atoms with Gasteiger partial charge in [0.1, 0.15) is 6.54 Å². The van der Waals surface area contributed by atoms with E-state index < -0.39 is 27.7 Å². The monoisotopic (exact) mass is 531 g/mol.